The summed E-state index contributed by atoms with van der Waals surface area (Å²) in [5.41, 5.74) is 5.19. The summed E-state index contributed by atoms with van der Waals surface area (Å²) in [6.07, 6.45) is 1.52. The number of nitrogens with one attached hydrogen (secondary N) is 1. The fourth-order valence-corrected chi connectivity index (χ4v) is 4.88. The molecule has 1 N–H and O–H groups in total. The second-order valence-electron chi connectivity index (χ2n) is 8.39. The molecule has 0 saturated carbocycles. The van der Waals surface area contributed by atoms with Crippen molar-refractivity contribution in [1.29, 1.82) is 0 Å². The molecule has 0 aromatic heterocycles. The fourth-order valence-electron chi connectivity index (χ4n) is 3.48. The van der Waals surface area contributed by atoms with E-state index in [1.54, 1.807) is 12.1 Å². The number of rotatable bonds is 11. The van der Waals surface area contributed by atoms with Gasteiger partial charge in [-0.3, -0.25) is 4.79 Å². The second kappa shape index (κ2) is 12.3. The predicted molar refractivity (Wildman–Crippen MR) is 140 cm³/mol. The zero-order valence-electron chi connectivity index (χ0n) is 20.8. The summed E-state index contributed by atoms with van der Waals surface area (Å²) in [5.74, 6) is 0.527. The Kier molecular flexibility index (Phi) is 9.21. The van der Waals surface area contributed by atoms with E-state index in [1.165, 1.54) is 44.2 Å². The molecule has 1 amide bonds. The van der Waals surface area contributed by atoms with E-state index in [0.717, 1.165) is 15.4 Å². The van der Waals surface area contributed by atoms with Crippen molar-refractivity contribution >= 4 is 22.1 Å². The van der Waals surface area contributed by atoms with Gasteiger partial charge in [0.25, 0.3) is 5.91 Å². The zero-order valence-corrected chi connectivity index (χ0v) is 21.7. The Morgan fingerprint density at radius 3 is 2.25 bits per heavy atom. The lowest BCUT2D eigenvalue weighted by atomic mass is 10.0. The van der Waals surface area contributed by atoms with Gasteiger partial charge in [-0.25, -0.2) is 13.8 Å². The molecule has 0 spiro atoms. The van der Waals surface area contributed by atoms with E-state index in [1.807, 2.05) is 42.5 Å². The monoisotopic (exact) mass is 509 g/mol. The molecule has 36 heavy (non-hydrogen) atoms. The van der Waals surface area contributed by atoms with Crippen molar-refractivity contribution in [3.8, 4) is 11.5 Å². The molecule has 3 aromatic carbocycles. The fraction of sp³-hybridized carbons (Fsp3) is 0.259. The summed E-state index contributed by atoms with van der Waals surface area (Å²) >= 11 is 0. The SMILES string of the molecule is COc1ccc(S(=O)(=O)N(CC(=O)N/N=C\c2ccc(C(C)C)cc2)Cc2ccccc2)cc1OC. The number of carbonyl (C=O) groups excluding carboxylic acids is 1. The molecule has 190 valence electrons. The third-order valence-corrected chi connectivity index (χ3v) is 7.31. The maximum Gasteiger partial charge on any atom is 0.255 e. The van der Waals surface area contributed by atoms with Gasteiger partial charge in [-0.1, -0.05) is 68.4 Å². The molecule has 0 radical (unpaired) electrons. The van der Waals surface area contributed by atoms with Crippen LogP contribution in [-0.2, 0) is 21.4 Å². The zero-order chi connectivity index (χ0) is 26.1. The first-order valence-electron chi connectivity index (χ1n) is 11.4. The number of benzene rings is 3. The van der Waals surface area contributed by atoms with Gasteiger partial charge < -0.3 is 9.47 Å². The average molecular weight is 510 g/mol. The first-order chi connectivity index (χ1) is 17.2. The van der Waals surface area contributed by atoms with E-state index in [-0.39, 0.29) is 17.2 Å². The van der Waals surface area contributed by atoms with E-state index in [9.17, 15) is 13.2 Å². The van der Waals surface area contributed by atoms with Crippen molar-refractivity contribution < 1.29 is 22.7 Å². The van der Waals surface area contributed by atoms with E-state index >= 15 is 0 Å². The van der Waals surface area contributed by atoms with E-state index in [0.29, 0.717) is 11.7 Å². The molecule has 3 rings (SSSR count). The molecule has 9 heteroatoms. The van der Waals surface area contributed by atoms with Crippen LogP contribution in [0.3, 0.4) is 0 Å². The molecule has 0 saturated heterocycles. The topological polar surface area (TPSA) is 97.3 Å². The molecule has 0 aliphatic heterocycles. The Balaban J connectivity index is 1.79. The highest BCUT2D eigenvalue weighted by atomic mass is 32.2. The van der Waals surface area contributed by atoms with Crippen LogP contribution in [0.2, 0.25) is 0 Å². The average Bonchev–Trinajstić information content (AvgIpc) is 2.88. The van der Waals surface area contributed by atoms with Crippen LogP contribution in [0.25, 0.3) is 0 Å². The van der Waals surface area contributed by atoms with Crippen molar-refractivity contribution in [2.45, 2.75) is 31.2 Å². The molecular formula is C27H31N3O5S. The number of hydrogen-bond acceptors (Lipinski definition) is 6. The molecule has 0 bridgehead atoms. The van der Waals surface area contributed by atoms with Gasteiger partial charge in [0, 0.05) is 12.6 Å². The molecule has 0 aliphatic rings. The van der Waals surface area contributed by atoms with Gasteiger partial charge in [0.1, 0.15) is 0 Å². The van der Waals surface area contributed by atoms with E-state index < -0.39 is 22.5 Å². The Hall–Kier alpha value is -3.69. The van der Waals surface area contributed by atoms with Crippen molar-refractivity contribution in [2.24, 2.45) is 5.10 Å². The lowest BCUT2D eigenvalue weighted by molar-refractivity contribution is -0.121. The van der Waals surface area contributed by atoms with Gasteiger partial charge >= 0.3 is 0 Å². The van der Waals surface area contributed by atoms with Gasteiger partial charge in [0.15, 0.2) is 11.5 Å². The number of ether oxygens (including phenoxy) is 2. The predicted octanol–water partition coefficient (Wildman–Crippen LogP) is 4.17. The second-order valence-corrected chi connectivity index (χ2v) is 10.3. The number of hydrogen-bond donors (Lipinski definition) is 1. The van der Waals surface area contributed by atoms with Gasteiger partial charge in [0.2, 0.25) is 10.0 Å². The van der Waals surface area contributed by atoms with Crippen molar-refractivity contribution in [3.63, 3.8) is 0 Å². The van der Waals surface area contributed by atoms with Crippen LogP contribution < -0.4 is 14.9 Å². The lowest BCUT2D eigenvalue weighted by Gasteiger charge is -2.22. The highest BCUT2D eigenvalue weighted by Gasteiger charge is 2.28. The number of amides is 1. The largest absolute Gasteiger partial charge is 0.493 e. The molecule has 0 heterocycles. The minimum Gasteiger partial charge on any atom is -0.493 e. The Morgan fingerprint density at radius 2 is 1.64 bits per heavy atom. The van der Waals surface area contributed by atoms with Crippen molar-refractivity contribution in [3.05, 3.63) is 89.5 Å². The summed E-state index contributed by atoms with van der Waals surface area (Å²) in [7, 11) is -1.16. The standard InChI is InChI=1S/C27H31N3O5S/c1-20(2)23-12-10-21(11-13-23)17-28-29-27(31)19-30(18-22-8-6-5-7-9-22)36(32,33)24-14-15-25(34-3)26(16-24)35-4/h5-17,20H,18-19H2,1-4H3,(H,29,31)/b28-17-. The summed E-state index contributed by atoms with van der Waals surface area (Å²) in [6, 6.07) is 21.2. The Morgan fingerprint density at radius 1 is 0.972 bits per heavy atom. The van der Waals surface area contributed by atoms with Crippen LogP contribution in [0.1, 0.15) is 36.5 Å². The summed E-state index contributed by atoms with van der Waals surface area (Å²) in [4.78, 5) is 12.7. The van der Waals surface area contributed by atoms with Crippen LogP contribution >= 0.6 is 0 Å². The van der Waals surface area contributed by atoms with Crippen LogP contribution in [0.4, 0.5) is 0 Å². The quantitative estimate of drug-likeness (QED) is 0.309. The maximum atomic E-state index is 13.5. The summed E-state index contributed by atoms with van der Waals surface area (Å²) in [5, 5.41) is 4.00. The van der Waals surface area contributed by atoms with Gasteiger partial charge in [-0.05, 0) is 34.7 Å². The third-order valence-electron chi connectivity index (χ3n) is 5.52. The first-order valence-corrected chi connectivity index (χ1v) is 12.9. The van der Waals surface area contributed by atoms with Gasteiger partial charge in [-0.2, -0.15) is 9.41 Å². The summed E-state index contributed by atoms with van der Waals surface area (Å²) in [6.45, 7) is 3.81. The number of hydrazone groups is 1. The molecule has 8 nitrogen and oxygen atoms in total. The van der Waals surface area contributed by atoms with Crippen molar-refractivity contribution in [1.82, 2.24) is 9.73 Å². The highest BCUT2D eigenvalue weighted by Crippen LogP contribution is 2.31. The molecule has 3 aromatic rings. The number of methoxy groups -OCH3 is 2. The van der Waals surface area contributed by atoms with Gasteiger partial charge in [-0.15, -0.1) is 0 Å². The van der Waals surface area contributed by atoms with Crippen LogP contribution in [0, 0.1) is 0 Å². The first kappa shape index (κ1) is 26.9. The minimum atomic E-state index is -4.06. The molecule has 0 unspecified atom stereocenters. The molecular weight excluding hydrogens is 478 g/mol. The third kappa shape index (κ3) is 6.93. The van der Waals surface area contributed by atoms with E-state index in [2.05, 4.69) is 24.4 Å². The normalized spacial score (nSPS) is 11.7. The minimum absolute atomic E-state index is 0.00527. The molecule has 0 fully saturated rings. The molecule has 0 atom stereocenters. The lowest BCUT2D eigenvalue weighted by Crippen LogP contribution is -2.39. The van der Waals surface area contributed by atoms with Crippen LogP contribution in [-0.4, -0.2) is 45.6 Å². The highest BCUT2D eigenvalue weighted by molar-refractivity contribution is 7.89. The van der Waals surface area contributed by atoms with Crippen LogP contribution in [0.5, 0.6) is 11.5 Å². The van der Waals surface area contributed by atoms with Crippen molar-refractivity contribution in [2.75, 3.05) is 20.8 Å². The molecule has 0 aliphatic carbocycles. The smallest absolute Gasteiger partial charge is 0.255 e. The van der Waals surface area contributed by atoms with E-state index in [4.69, 9.17) is 9.47 Å². The maximum absolute atomic E-state index is 13.5. The van der Waals surface area contributed by atoms with Crippen LogP contribution in [0.15, 0.2) is 82.8 Å². The summed E-state index contributed by atoms with van der Waals surface area (Å²) < 4.78 is 38.6. The number of sulfonamides is 1. The number of carbonyl (C=O) groups is 1. The Labute approximate surface area is 212 Å². The Bertz CT molecular complexity index is 1290. The van der Waals surface area contributed by atoms with Gasteiger partial charge in [0.05, 0.1) is 31.9 Å². The number of nitrogens with zero attached hydrogens (tertiary/aromatic N) is 2.